The molecular weight excluding hydrogens is 514 g/mol. The SMILES string of the molecule is Cn1cncc1C(O)(c1ccc(Br)c(CCl)c1)c1ccc2ccnc(-c3cccc(O)c3)c2c1. The minimum atomic E-state index is -1.49. The van der Waals surface area contributed by atoms with E-state index in [1.807, 2.05) is 60.1 Å². The van der Waals surface area contributed by atoms with Crippen molar-refractivity contribution < 1.29 is 10.2 Å². The molecule has 34 heavy (non-hydrogen) atoms. The topological polar surface area (TPSA) is 71.2 Å². The van der Waals surface area contributed by atoms with Gasteiger partial charge in [-0.05, 0) is 58.5 Å². The van der Waals surface area contributed by atoms with Crippen LogP contribution >= 0.6 is 27.5 Å². The maximum Gasteiger partial charge on any atom is 0.156 e. The smallest absolute Gasteiger partial charge is 0.156 e. The van der Waals surface area contributed by atoms with Crippen LogP contribution in [0.15, 0.2) is 89.9 Å². The molecule has 0 radical (unpaired) electrons. The summed E-state index contributed by atoms with van der Waals surface area (Å²) in [4.78, 5) is 8.86. The molecule has 0 fully saturated rings. The van der Waals surface area contributed by atoms with Gasteiger partial charge in [-0.2, -0.15) is 0 Å². The van der Waals surface area contributed by atoms with Crippen molar-refractivity contribution >= 4 is 38.3 Å². The zero-order valence-corrected chi connectivity index (χ0v) is 20.6. The Labute approximate surface area is 210 Å². The molecule has 0 saturated carbocycles. The zero-order valence-electron chi connectivity index (χ0n) is 18.3. The number of nitrogens with zero attached hydrogens (tertiary/aromatic N) is 3. The van der Waals surface area contributed by atoms with Crippen molar-refractivity contribution in [2.24, 2.45) is 7.05 Å². The van der Waals surface area contributed by atoms with Gasteiger partial charge in [-0.15, -0.1) is 11.6 Å². The van der Waals surface area contributed by atoms with E-state index in [4.69, 9.17) is 11.6 Å². The van der Waals surface area contributed by atoms with Crippen LogP contribution in [0.5, 0.6) is 5.75 Å². The van der Waals surface area contributed by atoms with Crippen molar-refractivity contribution in [3.8, 4) is 17.0 Å². The number of hydrogen-bond acceptors (Lipinski definition) is 4. The van der Waals surface area contributed by atoms with E-state index in [1.165, 1.54) is 0 Å². The average molecular weight is 535 g/mol. The van der Waals surface area contributed by atoms with Gasteiger partial charge in [0.1, 0.15) is 5.75 Å². The van der Waals surface area contributed by atoms with Crippen molar-refractivity contribution in [1.29, 1.82) is 0 Å². The van der Waals surface area contributed by atoms with E-state index >= 15 is 0 Å². The third-order valence-electron chi connectivity index (χ3n) is 6.10. The fourth-order valence-electron chi connectivity index (χ4n) is 4.35. The lowest BCUT2D eigenvalue weighted by Crippen LogP contribution is -2.31. The van der Waals surface area contributed by atoms with Gasteiger partial charge in [-0.25, -0.2) is 4.98 Å². The first-order chi connectivity index (χ1) is 16.4. The minimum absolute atomic E-state index is 0.169. The monoisotopic (exact) mass is 533 g/mol. The summed E-state index contributed by atoms with van der Waals surface area (Å²) in [6, 6.07) is 20.5. The first-order valence-corrected chi connectivity index (χ1v) is 12.0. The number of aliphatic hydroxyl groups is 1. The number of aryl methyl sites for hydroxylation is 1. The highest BCUT2D eigenvalue weighted by Crippen LogP contribution is 2.40. The molecule has 2 N–H and O–H groups in total. The van der Waals surface area contributed by atoms with Gasteiger partial charge in [0.25, 0.3) is 0 Å². The molecule has 170 valence electrons. The Bertz CT molecular complexity index is 1520. The number of pyridine rings is 1. The van der Waals surface area contributed by atoms with Gasteiger partial charge in [0, 0.05) is 34.5 Å². The zero-order chi connectivity index (χ0) is 23.9. The quantitative estimate of drug-likeness (QED) is 0.266. The molecule has 5 nitrogen and oxygen atoms in total. The van der Waals surface area contributed by atoms with Crippen LogP contribution in [0.4, 0.5) is 0 Å². The van der Waals surface area contributed by atoms with Crippen LogP contribution in [-0.4, -0.2) is 24.7 Å². The number of phenols is 1. The molecule has 3 aromatic carbocycles. The Kier molecular flexibility index (Phi) is 5.90. The van der Waals surface area contributed by atoms with Gasteiger partial charge in [-0.3, -0.25) is 4.98 Å². The number of hydrogen-bond donors (Lipinski definition) is 2. The van der Waals surface area contributed by atoms with Crippen LogP contribution in [0.1, 0.15) is 22.4 Å². The number of aromatic hydroxyl groups is 1. The first kappa shape index (κ1) is 22.6. The van der Waals surface area contributed by atoms with Gasteiger partial charge in [0.05, 0.1) is 23.9 Å². The second-order valence-corrected chi connectivity index (χ2v) is 9.31. The molecule has 0 aliphatic heterocycles. The van der Waals surface area contributed by atoms with E-state index in [9.17, 15) is 10.2 Å². The fourth-order valence-corrected chi connectivity index (χ4v) is 5.12. The molecule has 5 rings (SSSR count). The number of benzene rings is 3. The number of rotatable bonds is 5. The Morgan fingerprint density at radius 2 is 1.82 bits per heavy atom. The molecule has 2 aromatic heterocycles. The first-order valence-electron chi connectivity index (χ1n) is 10.6. The van der Waals surface area contributed by atoms with E-state index < -0.39 is 5.60 Å². The minimum Gasteiger partial charge on any atom is -0.508 e. The summed E-state index contributed by atoms with van der Waals surface area (Å²) in [5, 5.41) is 24.2. The highest BCUT2D eigenvalue weighted by Gasteiger charge is 2.37. The molecule has 0 amide bonds. The largest absolute Gasteiger partial charge is 0.508 e. The van der Waals surface area contributed by atoms with Gasteiger partial charge in [0.15, 0.2) is 5.60 Å². The Hall–Kier alpha value is -3.19. The summed E-state index contributed by atoms with van der Waals surface area (Å²) in [6.07, 6.45) is 5.09. The predicted molar refractivity (Wildman–Crippen MR) is 138 cm³/mol. The lowest BCUT2D eigenvalue weighted by atomic mass is 9.82. The van der Waals surface area contributed by atoms with E-state index in [0.29, 0.717) is 22.7 Å². The van der Waals surface area contributed by atoms with Crippen molar-refractivity contribution in [1.82, 2.24) is 14.5 Å². The molecule has 0 saturated heterocycles. The molecular formula is C27H21BrClN3O2. The number of alkyl halides is 1. The van der Waals surface area contributed by atoms with E-state index in [1.54, 1.807) is 36.9 Å². The molecule has 0 bridgehead atoms. The highest BCUT2D eigenvalue weighted by atomic mass is 79.9. The van der Waals surface area contributed by atoms with Crippen LogP contribution in [0, 0.1) is 0 Å². The maximum atomic E-state index is 12.4. The third-order valence-corrected chi connectivity index (χ3v) is 7.16. The van der Waals surface area contributed by atoms with Gasteiger partial charge >= 0.3 is 0 Å². The molecule has 0 aliphatic carbocycles. The fraction of sp³-hybridized carbons (Fsp3) is 0.111. The summed E-state index contributed by atoms with van der Waals surface area (Å²) >= 11 is 9.72. The molecule has 5 aromatic rings. The Morgan fingerprint density at radius 3 is 2.56 bits per heavy atom. The van der Waals surface area contributed by atoms with Crippen LogP contribution in [0.25, 0.3) is 22.0 Å². The van der Waals surface area contributed by atoms with E-state index in [2.05, 4.69) is 25.9 Å². The van der Waals surface area contributed by atoms with Crippen LogP contribution < -0.4 is 0 Å². The number of aromatic nitrogens is 3. The summed E-state index contributed by atoms with van der Waals surface area (Å²) in [6.45, 7) is 0. The lowest BCUT2D eigenvalue weighted by molar-refractivity contribution is 0.117. The molecule has 0 aliphatic rings. The van der Waals surface area contributed by atoms with Gasteiger partial charge < -0.3 is 14.8 Å². The van der Waals surface area contributed by atoms with Crippen LogP contribution in [0.2, 0.25) is 0 Å². The van der Waals surface area contributed by atoms with Crippen molar-refractivity contribution in [2.45, 2.75) is 11.5 Å². The number of imidazole rings is 1. The molecule has 1 unspecified atom stereocenters. The summed E-state index contributed by atoms with van der Waals surface area (Å²) in [7, 11) is 1.86. The molecule has 1 atom stereocenters. The number of fused-ring (bicyclic) bond motifs is 1. The van der Waals surface area contributed by atoms with E-state index in [0.717, 1.165) is 32.1 Å². The molecule has 0 spiro atoms. The Morgan fingerprint density at radius 1 is 1.03 bits per heavy atom. The highest BCUT2D eigenvalue weighted by molar-refractivity contribution is 9.10. The normalized spacial score (nSPS) is 13.2. The number of halogens is 2. The van der Waals surface area contributed by atoms with Crippen LogP contribution in [0.3, 0.4) is 0 Å². The van der Waals surface area contributed by atoms with Gasteiger partial charge in [-0.1, -0.05) is 46.3 Å². The standard InChI is InChI=1S/C27H21BrClN3O2/c1-32-16-30-15-25(32)27(34,20-7-8-24(28)19(11-20)14-29)21-6-5-17-9-10-31-26(23(17)13-21)18-3-2-4-22(33)12-18/h2-13,15-16,33-34H,14H2,1H3. The predicted octanol–water partition coefficient (Wildman–Crippen LogP) is 6.13. The Balaban J connectivity index is 1.79. The second kappa shape index (κ2) is 8.87. The molecule has 7 heteroatoms. The third kappa shape index (κ3) is 3.78. The van der Waals surface area contributed by atoms with Crippen molar-refractivity contribution in [3.05, 3.63) is 112 Å². The lowest BCUT2D eigenvalue weighted by Gasteiger charge is -2.30. The van der Waals surface area contributed by atoms with Crippen molar-refractivity contribution in [3.63, 3.8) is 0 Å². The average Bonchev–Trinajstić information content (AvgIpc) is 3.29. The summed E-state index contributed by atoms with van der Waals surface area (Å²) in [5.41, 5.74) is 2.87. The number of phenolic OH excluding ortho intramolecular Hbond substituents is 1. The van der Waals surface area contributed by atoms with E-state index in [-0.39, 0.29) is 5.75 Å². The second-order valence-electron chi connectivity index (χ2n) is 8.19. The van der Waals surface area contributed by atoms with Crippen molar-refractivity contribution in [2.75, 3.05) is 0 Å². The summed E-state index contributed by atoms with van der Waals surface area (Å²) < 4.78 is 2.69. The van der Waals surface area contributed by atoms with Crippen LogP contribution in [-0.2, 0) is 18.5 Å². The van der Waals surface area contributed by atoms with Gasteiger partial charge in [0.2, 0.25) is 0 Å². The molecule has 2 heterocycles. The maximum absolute atomic E-state index is 12.4. The summed E-state index contributed by atoms with van der Waals surface area (Å²) in [5.74, 6) is 0.474.